The summed E-state index contributed by atoms with van der Waals surface area (Å²) in [6, 6.07) is 6.16. The average Bonchev–Trinajstić information content (AvgIpc) is 2.51. The Kier molecular flexibility index (Phi) is 11.9. The van der Waals surface area contributed by atoms with Crippen molar-refractivity contribution in [2.45, 2.75) is 52.1 Å². The highest BCUT2D eigenvalue weighted by atomic mass is 127. The van der Waals surface area contributed by atoms with Crippen LogP contribution in [0.3, 0.4) is 0 Å². The van der Waals surface area contributed by atoms with Gasteiger partial charge in [-0.15, -0.1) is 24.0 Å². The van der Waals surface area contributed by atoms with E-state index in [-0.39, 0.29) is 24.0 Å². The molecule has 6 heteroatoms. The number of rotatable bonds is 8. The van der Waals surface area contributed by atoms with Gasteiger partial charge in [-0.25, -0.2) is 4.98 Å². The maximum Gasteiger partial charge on any atom is 0.213 e. The largest absolute Gasteiger partial charge is 0.481 e. The van der Waals surface area contributed by atoms with Crippen molar-refractivity contribution in [3.05, 3.63) is 23.9 Å². The zero-order chi connectivity index (χ0) is 15.5. The number of methoxy groups -OCH3 is 1. The molecule has 1 aromatic rings. The van der Waals surface area contributed by atoms with Crippen molar-refractivity contribution in [2.75, 3.05) is 14.2 Å². The first-order valence-corrected chi connectivity index (χ1v) is 7.66. The van der Waals surface area contributed by atoms with Gasteiger partial charge in [-0.1, -0.05) is 32.3 Å². The quantitative estimate of drug-likeness (QED) is 0.293. The molecule has 0 radical (unpaired) electrons. The van der Waals surface area contributed by atoms with Crippen molar-refractivity contribution >= 4 is 29.9 Å². The predicted molar refractivity (Wildman–Crippen MR) is 103 cm³/mol. The molecule has 2 N–H and O–H groups in total. The summed E-state index contributed by atoms with van der Waals surface area (Å²) in [5, 5.41) is 6.68. The van der Waals surface area contributed by atoms with Crippen LogP contribution in [0.25, 0.3) is 0 Å². The SMILES string of the molecule is CCCCCC(C)NC(=NC)NCc1cccc(OC)n1.I. The summed E-state index contributed by atoms with van der Waals surface area (Å²) in [6.07, 6.45) is 4.94. The van der Waals surface area contributed by atoms with Gasteiger partial charge in [-0.05, 0) is 19.4 Å². The van der Waals surface area contributed by atoms with Gasteiger partial charge in [0, 0.05) is 19.2 Å². The fourth-order valence-corrected chi connectivity index (χ4v) is 2.04. The van der Waals surface area contributed by atoms with Gasteiger partial charge in [-0.2, -0.15) is 0 Å². The first kappa shape index (κ1) is 20.9. The molecule has 0 spiro atoms. The van der Waals surface area contributed by atoms with Crippen LogP contribution in [-0.2, 0) is 6.54 Å². The van der Waals surface area contributed by atoms with Gasteiger partial charge in [0.25, 0.3) is 0 Å². The van der Waals surface area contributed by atoms with Gasteiger partial charge in [0.1, 0.15) is 0 Å². The molecule has 0 saturated heterocycles. The predicted octanol–water partition coefficient (Wildman–Crippen LogP) is 3.34. The smallest absolute Gasteiger partial charge is 0.213 e. The normalized spacial score (nSPS) is 12.3. The summed E-state index contributed by atoms with van der Waals surface area (Å²) in [4.78, 5) is 8.62. The van der Waals surface area contributed by atoms with Crippen molar-refractivity contribution in [1.82, 2.24) is 15.6 Å². The number of hydrogen-bond donors (Lipinski definition) is 2. The van der Waals surface area contributed by atoms with Crippen molar-refractivity contribution in [3.63, 3.8) is 0 Å². The minimum absolute atomic E-state index is 0. The van der Waals surface area contributed by atoms with E-state index >= 15 is 0 Å². The first-order chi connectivity index (χ1) is 10.2. The zero-order valence-corrected chi connectivity index (χ0v) is 16.4. The maximum absolute atomic E-state index is 5.12. The molecule has 126 valence electrons. The molecular weight excluding hydrogens is 391 g/mol. The maximum atomic E-state index is 5.12. The second kappa shape index (κ2) is 12.5. The molecule has 1 rings (SSSR count). The van der Waals surface area contributed by atoms with E-state index < -0.39 is 0 Å². The Morgan fingerprint density at radius 2 is 2.14 bits per heavy atom. The van der Waals surface area contributed by atoms with Crippen LogP contribution >= 0.6 is 24.0 Å². The Hall–Kier alpha value is -1.05. The van der Waals surface area contributed by atoms with E-state index in [0.29, 0.717) is 18.5 Å². The van der Waals surface area contributed by atoms with E-state index in [0.717, 1.165) is 18.1 Å². The summed E-state index contributed by atoms with van der Waals surface area (Å²) >= 11 is 0. The standard InChI is InChI=1S/C16H28N4O.HI/c1-5-6-7-9-13(2)19-16(17-3)18-12-14-10-8-11-15(20-14)21-4;/h8,10-11,13H,5-7,9,12H2,1-4H3,(H2,17,18,19);1H. The molecule has 1 unspecified atom stereocenters. The molecule has 0 aliphatic heterocycles. The topological polar surface area (TPSA) is 58.5 Å². The fourth-order valence-electron chi connectivity index (χ4n) is 2.04. The molecule has 0 aromatic carbocycles. The third kappa shape index (κ3) is 8.41. The fraction of sp³-hybridized carbons (Fsp3) is 0.625. The van der Waals surface area contributed by atoms with Crippen molar-refractivity contribution in [1.29, 1.82) is 0 Å². The summed E-state index contributed by atoms with van der Waals surface area (Å²) in [7, 11) is 3.41. The van der Waals surface area contributed by atoms with Crippen LogP contribution in [0.2, 0.25) is 0 Å². The summed E-state index contributed by atoms with van der Waals surface area (Å²) in [6.45, 7) is 5.03. The lowest BCUT2D eigenvalue weighted by atomic mass is 10.1. The lowest BCUT2D eigenvalue weighted by Crippen LogP contribution is -2.41. The van der Waals surface area contributed by atoms with E-state index in [1.165, 1.54) is 19.3 Å². The number of aliphatic imine (C=N–C) groups is 1. The van der Waals surface area contributed by atoms with E-state index in [9.17, 15) is 0 Å². The molecular formula is C16H29IN4O. The number of unbranched alkanes of at least 4 members (excludes halogenated alkanes) is 2. The zero-order valence-electron chi connectivity index (χ0n) is 14.1. The number of pyridine rings is 1. The number of aromatic nitrogens is 1. The van der Waals surface area contributed by atoms with Gasteiger partial charge >= 0.3 is 0 Å². The molecule has 0 aliphatic rings. The van der Waals surface area contributed by atoms with Crippen LogP contribution in [0, 0.1) is 0 Å². The lowest BCUT2D eigenvalue weighted by molar-refractivity contribution is 0.396. The molecule has 0 fully saturated rings. The van der Waals surface area contributed by atoms with Crippen LogP contribution < -0.4 is 15.4 Å². The number of hydrogen-bond acceptors (Lipinski definition) is 3. The minimum Gasteiger partial charge on any atom is -0.481 e. The molecule has 0 aliphatic carbocycles. The van der Waals surface area contributed by atoms with Gasteiger partial charge in [0.05, 0.1) is 19.3 Å². The summed E-state index contributed by atoms with van der Waals surface area (Å²) in [5.41, 5.74) is 0.927. The Morgan fingerprint density at radius 3 is 2.77 bits per heavy atom. The summed E-state index contributed by atoms with van der Waals surface area (Å²) in [5.74, 6) is 1.44. The van der Waals surface area contributed by atoms with Gasteiger partial charge in [0.2, 0.25) is 5.88 Å². The Bertz CT molecular complexity index is 440. The van der Waals surface area contributed by atoms with E-state index in [1.54, 1.807) is 14.2 Å². The van der Waals surface area contributed by atoms with Crippen molar-refractivity contribution in [2.24, 2.45) is 4.99 Å². The second-order valence-electron chi connectivity index (χ2n) is 5.14. The first-order valence-electron chi connectivity index (χ1n) is 7.66. The van der Waals surface area contributed by atoms with Gasteiger partial charge in [0.15, 0.2) is 5.96 Å². The number of nitrogens with one attached hydrogen (secondary N) is 2. The molecule has 1 atom stereocenters. The average molecular weight is 420 g/mol. The minimum atomic E-state index is 0. The van der Waals surface area contributed by atoms with Crippen LogP contribution in [-0.4, -0.2) is 31.1 Å². The van der Waals surface area contributed by atoms with Gasteiger partial charge in [-0.3, -0.25) is 4.99 Å². The number of nitrogens with zero attached hydrogens (tertiary/aromatic N) is 2. The number of halogens is 1. The third-order valence-corrected chi connectivity index (χ3v) is 3.27. The Balaban J connectivity index is 0.00000441. The van der Waals surface area contributed by atoms with Gasteiger partial charge < -0.3 is 15.4 Å². The van der Waals surface area contributed by atoms with E-state index in [1.807, 2.05) is 18.2 Å². The molecule has 22 heavy (non-hydrogen) atoms. The molecule has 5 nitrogen and oxygen atoms in total. The molecule has 0 saturated carbocycles. The van der Waals surface area contributed by atoms with Crippen LogP contribution in [0.4, 0.5) is 0 Å². The van der Waals surface area contributed by atoms with E-state index in [2.05, 4.69) is 34.5 Å². The van der Waals surface area contributed by atoms with Crippen LogP contribution in [0.1, 0.15) is 45.2 Å². The van der Waals surface area contributed by atoms with Crippen molar-refractivity contribution < 1.29 is 4.74 Å². The Labute approximate surface area is 151 Å². The van der Waals surface area contributed by atoms with E-state index in [4.69, 9.17) is 4.74 Å². The number of ether oxygens (including phenoxy) is 1. The monoisotopic (exact) mass is 420 g/mol. The second-order valence-corrected chi connectivity index (χ2v) is 5.14. The highest BCUT2D eigenvalue weighted by molar-refractivity contribution is 14.0. The third-order valence-electron chi connectivity index (χ3n) is 3.27. The van der Waals surface area contributed by atoms with Crippen molar-refractivity contribution in [3.8, 4) is 5.88 Å². The number of guanidine groups is 1. The van der Waals surface area contributed by atoms with Crippen LogP contribution in [0.5, 0.6) is 5.88 Å². The Morgan fingerprint density at radius 1 is 1.36 bits per heavy atom. The highest BCUT2D eigenvalue weighted by Crippen LogP contribution is 2.06. The van der Waals surface area contributed by atoms with Crippen LogP contribution in [0.15, 0.2) is 23.2 Å². The molecule has 0 bridgehead atoms. The molecule has 0 amide bonds. The lowest BCUT2D eigenvalue weighted by Gasteiger charge is -2.17. The molecule has 1 heterocycles. The highest BCUT2D eigenvalue weighted by Gasteiger charge is 2.05. The molecule has 1 aromatic heterocycles. The summed E-state index contributed by atoms with van der Waals surface area (Å²) < 4.78 is 5.12.